The van der Waals surface area contributed by atoms with Crippen molar-refractivity contribution >= 4 is 15.9 Å². The van der Waals surface area contributed by atoms with Gasteiger partial charge in [-0.1, -0.05) is 0 Å². The zero-order valence-electron chi connectivity index (χ0n) is 11.8. The molecule has 1 aromatic heterocycles. The number of likely N-dealkylation sites (N-methyl/N-ethyl adjacent to an activating group) is 1. The molecule has 20 heavy (non-hydrogen) atoms. The van der Waals surface area contributed by atoms with Gasteiger partial charge in [0.1, 0.15) is 11.9 Å². The number of amides is 1. The average molecular weight is 301 g/mol. The summed E-state index contributed by atoms with van der Waals surface area (Å²) in [6.45, 7) is 2.45. The molecule has 0 bridgehead atoms. The number of hydrogen-bond donors (Lipinski definition) is 1. The molecule has 1 aliphatic rings. The summed E-state index contributed by atoms with van der Waals surface area (Å²) in [5.41, 5.74) is 0. The van der Waals surface area contributed by atoms with E-state index in [2.05, 4.69) is 15.2 Å². The monoisotopic (exact) mass is 301 g/mol. The van der Waals surface area contributed by atoms with Crippen LogP contribution in [0.4, 0.5) is 0 Å². The fourth-order valence-electron chi connectivity index (χ4n) is 2.39. The number of hydrogen-bond acceptors (Lipinski definition) is 5. The summed E-state index contributed by atoms with van der Waals surface area (Å²) in [5.74, 6) is 0.983. The summed E-state index contributed by atoms with van der Waals surface area (Å²) < 4.78 is 24.6. The first-order chi connectivity index (χ1) is 9.29. The second-order valence-electron chi connectivity index (χ2n) is 5.06. The molecule has 0 spiro atoms. The van der Waals surface area contributed by atoms with Gasteiger partial charge in [0.05, 0.1) is 12.8 Å². The van der Waals surface area contributed by atoms with Gasteiger partial charge in [0, 0.05) is 13.6 Å². The third-order valence-electron chi connectivity index (χ3n) is 3.31. The first-order valence-corrected chi connectivity index (χ1v) is 8.23. The van der Waals surface area contributed by atoms with Crippen LogP contribution < -0.4 is 0 Å². The molecule has 112 valence electrons. The van der Waals surface area contributed by atoms with Crippen LogP contribution in [0, 0.1) is 6.92 Å². The van der Waals surface area contributed by atoms with Crippen LogP contribution in [-0.4, -0.2) is 64.6 Å². The molecular weight excluding hydrogens is 282 g/mol. The van der Waals surface area contributed by atoms with Crippen molar-refractivity contribution in [1.29, 1.82) is 0 Å². The Hall–Kier alpha value is -1.48. The number of carbonyl (C=O) groups is 1. The zero-order chi connectivity index (χ0) is 14.9. The van der Waals surface area contributed by atoms with E-state index < -0.39 is 16.1 Å². The maximum absolute atomic E-state index is 12.4. The van der Waals surface area contributed by atoms with Crippen LogP contribution >= 0.6 is 0 Å². The number of nitrogens with zero attached hydrogens (tertiary/aromatic N) is 4. The Balaban J connectivity index is 2.06. The van der Waals surface area contributed by atoms with Gasteiger partial charge in [0.2, 0.25) is 15.9 Å². The van der Waals surface area contributed by atoms with Crippen LogP contribution in [0.3, 0.4) is 0 Å². The molecule has 9 heteroatoms. The number of aromatic amines is 1. The van der Waals surface area contributed by atoms with Gasteiger partial charge in [-0.3, -0.25) is 9.89 Å². The second kappa shape index (κ2) is 5.49. The van der Waals surface area contributed by atoms with E-state index >= 15 is 0 Å². The molecule has 1 saturated heterocycles. The molecule has 1 unspecified atom stereocenters. The van der Waals surface area contributed by atoms with Crippen molar-refractivity contribution in [1.82, 2.24) is 24.4 Å². The maximum atomic E-state index is 12.4. The van der Waals surface area contributed by atoms with Crippen LogP contribution in [-0.2, 0) is 21.4 Å². The topological polar surface area (TPSA) is 99.3 Å². The van der Waals surface area contributed by atoms with Crippen molar-refractivity contribution in [2.24, 2.45) is 0 Å². The fourth-order valence-corrected chi connectivity index (χ4v) is 3.51. The number of nitrogens with one attached hydrogen (secondary N) is 1. The lowest BCUT2D eigenvalue weighted by Crippen LogP contribution is -2.46. The lowest BCUT2D eigenvalue weighted by Gasteiger charge is -2.25. The minimum absolute atomic E-state index is 0.213. The van der Waals surface area contributed by atoms with Crippen LogP contribution in [0.5, 0.6) is 0 Å². The number of sulfonamides is 1. The molecule has 1 fully saturated rings. The van der Waals surface area contributed by atoms with Gasteiger partial charge in [0.15, 0.2) is 5.82 Å². The summed E-state index contributed by atoms with van der Waals surface area (Å²) >= 11 is 0. The number of aromatic nitrogens is 3. The summed E-state index contributed by atoms with van der Waals surface area (Å²) in [6, 6.07) is -0.602. The van der Waals surface area contributed by atoms with Gasteiger partial charge in [0.25, 0.3) is 0 Å². The molecule has 2 heterocycles. The van der Waals surface area contributed by atoms with Crippen LogP contribution in [0.2, 0.25) is 0 Å². The third kappa shape index (κ3) is 3.15. The predicted octanol–water partition coefficient (Wildman–Crippen LogP) is -0.504. The highest BCUT2D eigenvalue weighted by Gasteiger charge is 2.37. The standard InChI is InChI=1S/C11H19N5O3S/c1-8-12-10(14-13-8)7-15(2)11(17)9-5-4-6-16(9)20(3,18)19/h9H,4-7H2,1-3H3,(H,12,13,14). The SMILES string of the molecule is Cc1nc(CN(C)C(=O)C2CCCN2S(C)(=O)=O)n[nH]1. The number of rotatable bonds is 4. The first kappa shape index (κ1) is 14.9. The quantitative estimate of drug-likeness (QED) is 0.808. The lowest BCUT2D eigenvalue weighted by atomic mass is 10.2. The maximum Gasteiger partial charge on any atom is 0.241 e. The Morgan fingerprint density at radius 3 is 2.80 bits per heavy atom. The molecule has 0 aromatic carbocycles. The van der Waals surface area contributed by atoms with E-state index in [-0.39, 0.29) is 12.5 Å². The molecule has 1 N–H and O–H groups in total. The van der Waals surface area contributed by atoms with Gasteiger partial charge in [-0.2, -0.15) is 9.40 Å². The molecule has 1 aliphatic heterocycles. The summed E-state index contributed by atoms with van der Waals surface area (Å²) in [7, 11) is -1.72. The van der Waals surface area contributed by atoms with Crippen LogP contribution in [0.1, 0.15) is 24.5 Å². The minimum atomic E-state index is -3.35. The lowest BCUT2D eigenvalue weighted by molar-refractivity contribution is -0.133. The average Bonchev–Trinajstić information content (AvgIpc) is 2.96. The molecular formula is C11H19N5O3S. The van der Waals surface area contributed by atoms with Crippen molar-refractivity contribution in [3.05, 3.63) is 11.6 Å². The van der Waals surface area contributed by atoms with Crippen molar-refractivity contribution in [3.63, 3.8) is 0 Å². The normalized spacial score (nSPS) is 20.2. The predicted molar refractivity (Wildman–Crippen MR) is 72.2 cm³/mol. The zero-order valence-corrected chi connectivity index (χ0v) is 12.6. The Morgan fingerprint density at radius 1 is 1.55 bits per heavy atom. The molecule has 0 saturated carbocycles. The molecule has 0 aliphatic carbocycles. The summed E-state index contributed by atoms with van der Waals surface area (Å²) in [6.07, 6.45) is 2.40. The second-order valence-corrected chi connectivity index (χ2v) is 7.00. The largest absolute Gasteiger partial charge is 0.337 e. The highest BCUT2D eigenvalue weighted by atomic mass is 32.2. The third-order valence-corrected chi connectivity index (χ3v) is 4.60. The Morgan fingerprint density at radius 2 is 2.25 bits per heavy atom. The van der Waals surface area contributed by atoms with E-state index in [1.807, 2.05) is 0 Å². The van der Waals surface area contributed by atoms with Crippen molar-refractivity contribution in [3.8, 4) is 0 Å². The van der Waals surface area contributed by atoms with Gasteiger partial charge < -0.3 is 4.90 Å². The smallest absolute Gasteiger partial charge is 0.241 e. The molecule has 1 aromatic rings. The Labute approximate surface area is 118 Å². The van der Waals surface area contributed by atoms with Gasteiger partial charge in [-0.05, 0) is 19.8 Å². The van der Waals surface area contributed by atoms with E-state index in [9.17, 15) is 13.2 Å². The summed E-state index contributed by atoms with van der Waals surface area (Å²) in [5, 5.41) is 6.68. The molecule has 0 radical (unpaired) electrons. The van der Waals surface area contributed by atoms with E-state index in [4.69, 9.17) is 0 Å². The van der Waals surface area contributed by atoms with E-state index in [0.29, 0.717) is 31.0 Å². The van der Waals surface area contributed by atoms with Gasteiger partial charge >= 0.3 is 0 Å². The Bertz CT molecular complexity index is 597. The van der Waals surface area contributed by atoms with Gasteiger partial charge in [-0.15, -0.1) is 0 Å². The van der Waals surface area contributed by atoms with Crippen molar-refractivity contribution in [2.45, 2.75) is 32.4 Å². The molecule has 1 atom stereocenters. The van der Waals surface area contributed by atoms with Crippen LogP contribution in [0.25, 0.3) is 0 Å². The number of H-pyrrole nitrogens is 1. The summed E-state index contributed by atoms with van der Waals surface area (Å²) in [4.78, 5) is 18.0. The van der Waals surface area contributed by atoms with E-state index in [0.717, 1.165) is 6.26 Å². The Kier molecular flexibility index (Phi) is 4.09. The minimum Gasteiger partial charge on any atom is -0.337 e. The molecule has 1 amide bonds. The van der Waals surface area contributed by atoms with Crippen LogP contribution in [0.15, 0.2) is 0 Å². The first-order valence-electron chi connectivity index (χ1n) is 6.38. The van der Waals surface area contributed by atoms with E-state index in [1.54, 1.807) is 14.0 Å². The fraction of sp³-hybridized carbons (Fsp3) is 0.727. The highest BCUT2D eigenvalue weighted by Crippen LogP contribution is 2.22. The molecule has 2 rings (SSSR count). The van der Waals surface area contributed by atoms with Crippen molar-refractivity contribution < 1.29 is 13.2 Å². The van der Waals surface area contributed by atoms with Gasteiger partial charge in [-0.25, -0.2) is 13.4 Å². The number of aryl methyl sites for hydroxylation is 1. The number of carbonyl (C=O) groups excluding carboxylic acids is 1. The highest BCUT2D eigenvalue weighted by molar-refractivity contribution is 7.88. The van der Waals surface area contributed by atoms with E-state index in [1.165, 1.54) is 9.21 Å². The van der Waals surface area contributed by atoms with Crippen molar-refractivity contribution in [2.75, 3.05) is 19.8 Å². The molecule has 8 nitrogen and oxygen atoms in total.